The molecule has 0 spiro atoms. The van der Waals surface area contributed by atoms with E-state index in [0.29, 0.717) is 19.6 Å². The Hall–Kier alpha value is -1.59. The first-order valence-electron chi connectivity index (χ1n) is 7.10. The molecule has 20 heavy (non-hydrogen) atoms. The Morgan fingerprint density at radius 2 is 2.05 bits per heavy atom. The van der Waals surface area contributed by atoms with Crippen molar-refractivity contribution >= 4 is 17.8 Å². The van der Waals surface area contributed by atoms with Crippen molar-refractivity contribution in [2.24, 2.45) is 5.92 Å². The molecule has 1 aliphatic heterocycles. The number of hydrogen-bond donors (Lipinski definition) is 0. The summed E-state index contributed by atoms with van der Waals surface area (Å²) in [6, 6.07) is 0. The summed E-state index contributed by atoms with van der Waals surface area (Å²) in [6.07, 6.45) is 1.86. The standard InChI is InChI=1S/C14H24N2O4/c1-4-15(9-7-13(18)20-3)14(19)12-6-5-8-16(10-12)11(2)17/h12H,4-10H2,1-3H3. The van der Waals surface area contributed by atoms with Gasteiger partial charge in [-0.15, -0.1) is 0 Å². The first-order valence-corrected chi connectivity index (χ1v) is 7.10. The molecular formula is C14H24N2O4. The molecule has 1 rings (SSSR count). The predicted molar refractivity (Wildman–Crippen MR) is 73.9 cm³/mol. The Balaban J connectivity index is 2.56. The molecule has 6 heteroatoms. The van der Waals surface area contributed by atoms with Crippen molar-refractivity contribution in [3.63, 3.8) is 0 Å². The minimum atomic E-state index is -0.315. The van der Waals surface area contributed by atoms with Gasteiger partial charge in [0.1, 0.15) is 0 Å². The van der Waals surface area contributed by atoms with E-state index in [-0.39, 0.29) is 30.1 Å². The van der Waals surface area contributed by atoms with Crippen LogP contribution in [-0.2, 0) is 19.1 Å². The molecule has 1 atom stereocenters. The third-order valence-corrected chi connectivity index (χ3v) is 3.72. The highest BCUT2D eigenvalue weighted by Gasteiger charge is 2.29. The molecule has 6 nitrogen and oxygen atoms in total. The molecule has 1 saturated heterocycles. The lowest BCUT2D eigenvalue weighted by atomic mass is 9.96. The topological polar surface area (TPSA) is 66.9 Å². The number of carbonyl (C=O) groups excluding carboxylic acids is 3. The van der Waals surface area contributed by atoms with Crippen molar-refractivity contribution in [3.05, 3.63) is 0 Å². The molecule has 0 aromatic carbocycles. The van der Waals surface area contributed by atoms with Gasteiger partial charge in [0.2, 0.25) is 11.8 Å². The zero-order chi connectivity index (χ0) is 15.1. The second-order valence-corrected chi connectivity index (χ2v) is 5.05. The number of nitrogens with zero attached hydrogens (tertiary/aromatic N) is 2. The van der Waals surface area contributed by atoms with Crippen molar-refractivity contribution in [2.45, 2.75) is 33.1 Å². The van der Waals surface area contributed by atoms with Gasteiger partial charge in [-0.05, 0) is 19.8 Å². The second-order valence-electron chi connectivity index (χ2n) is 5.05. The van der Waals surface area contributed by atoms with Gasteiger partial charge in [0.15, 0.2) is 0 Å². The van der Waals surface area contributed by atoms with Crippen LogP contribution in [0.4, 0.5) is 0 Å². The molecule has 0 radical (unpaired) electrons. The Morgan fingerprint density at radius 1 is 1.35 bits per heavy atom. The van der Waals surface area contributed by atoms with Crippen LogP contribution in [0.3, 0.4) is 0 Å². The molecule has 0 aliphatic carbocycles. The van der Waals surface area contributed by atoms with E-state index < -0.39 is 0 Å². The van der Waals surface area contributed by atoms with E-state index in [0.717, 1.165) is 19.4 Å². The molecule has 1 heterocycles. The Kier molecular flexibility index (Phi) is 6.48. The van der Waals surface area contributed by atoms with Crippen LogP contribution in [0, 0.1) is 5.92 Å². The van der Waals surface area contributed by atoms with Crippen molar-refractivity contribution in [2.75, 3.05) is 33.3 Å². The normalized spacial score (nSPS) is 18.6. The summed E-state index contributed by atoms with van der Waals surface area (Å²) >= 11 is 0. The molecule has 0 saturated carbocycles. The zero-order valence-corrected chi connectivity index (χ0v) is 12.6. The maximum atomic E-state index is 12.4. The number of carbonyl (C=O) groups is 3. The highest BCUT2D eigenvalue weighted by molar-refractivity contribution is 5.81. The predicted octanol–water partition coefficient (Wildman–Crippen LogP) is 0.656. The molecule has 1 unspecified atom stereocenters. The smallest absolute Gasteiger partial charge is 0.307 e. The van der Waals surface area contributed by atoms with Crippen LogP contribution in [0.2, 0.25) is 0 Å². The molecule has 0 aromatic rings. The number of amides is 2. The third kappa shape index (κ3) is 4.51. The average molecular weight is 284 g/mol. The van der Waals surface area contributed by atoms with Crippen LogP contribution in [0.5, 0.6) is 0 Å². The van der Waals surface area contributed by atoms with E-state index >= 15 is 0 Å². The van der Waals surface area contributed by atoms with E-state index in [9.17, 15) is 14.4 Å². The average Bonchev–Trinajstić information content (AvgIpc) is 2.47. The van der Waals surface area contributed by atoms with Gasteiger partial charge in [0.05, 0.1) is 19.4 Å². The molecule has 0 bridgehead atoms. The number of ether oxygens (including phenoxy) is 1. The molecule has 0 aromatic heterocycles. The highest BCUT2D eigenvalue weighted by atomic mass is 16.5. The maximum Gasteiger partial charge on any atom is 0.307 e. The van der Waals surface area contributed by atoms with Gasteiger partial charge in [0.25, 0.3) is 0 Å². The van der Waals surface area contributed by atoms with Crippen LogP contribution < -0.4 is 0 Å². The van der Waals surface area contributed by atoms with E-state index in [2.05, 4.69) is 4.74 Å². The van der Waals surface area contributed by atoms with Gasteiger partial charge in [0, 0.05) is 33.1 Å². The molecule has 114 valence electrons. The molecule has 1 fully saturated rings. The molecule has 0 N–H and O–H groups in total. The summed E-state index contributed by atoms with van der Waals surface area (Å²) in [6.45, 7) is 5.57. The van der Waals surface area contributed by atoms with Crippen molar-refractivity contribution in [1.29, 1.82) is 0 Å². The zero-order valence-electron chi connectivity index (χ0n) is 12.6. The lowest BCUT2D eigenvalue weighted by molar-refractivity contribution is -0.143. The summed E-state index contributed by atoms with van der Waals surface area (Å²) < 4.78 is 4.59. The fourth-order valence-electron chi connectivity index (χ4n) is 2.48. The maximum absolute atomic E-state index is 12.4. The number of esters is 1. The SMILES string of the molecule is CCN(CCC(=O)OC)C(=O)C1CCCN(C(C)=O)C1. The Morgan fingerprint density at radius 3 is 2.60 bits per heavy atom. The van der Waals surface area contributed by atoms with Crippen molar-refractivity contribution in [1.82, 2.24) is 9.80 Å². The quantitative estimate of drug-likeness (QED) is 0.695. The number of piperidine rings is 1. The van der Waals surface area contributed by atoms with Crippen LogP contribution in [-0.4, -0.2) is 60.9 Å². The van der Waals surface area contributed by atoms with Gasteiger partial charge in [-0.2, -0.15) is 0 Å². The van der Waals surface area contributed by atoms with Crippen molar-refractivity contribution < 1.29 is 19.1 Å². The number of hydrogen-bond acceptors (Lipinski definition) is 4. The number of rotatable bonds is 5. The van der Waals surface area contributed by atoms with Gasteiger partial charge in [-0.1, -0.05) is 0 Å². The second kappa shape index (κ2) is 7.87. The van der Waals surface area contributed by atoms with Gasteiger partial charge < -0.3 is 14.5 Å². The summed E-state index contributed by atoms with van der Waals surface area (Å²) in [5.41, 5.74) is 0. The molecule has 2 amide bonds. The minimum absolute atomic E-state index is 0.0140. The lowest BCUT2D eigenvalue weighted by Gasteiger charge is -2.34. The lowest BCUT2D eigenvalue weighted by Crippen LogP contribution is -2.46. The molecular weight excluding hydrogens is 260 g/mol. The van der Waals surface area contributed by atoms with E-state index in [1.54, 1.807) is 9.80 Å². The van der Waals surface area contributed by atoms with Gasteiger partial charge in [-0.25, -0.2) is 0 Å². The largest absolute Gasteiger partial charge is 0.469 e. The van der Waals surface area contributed by atoms with Crippen LogP contribution in [0.1, 0.15) is 33.1 Å². The summed E-state index contributed by atoms with van der Waals surface area (Å²) in [4.78, 5) is 38.4. The fraction of sp³-hybridized carbons (Fsp3) is 0.786. The summed E-state index contributed by atoms with van der Waals surface area (Å²) in [5, 5.41) is 0. The monoisotopic (exact) mass is 284 g/mol. The van der Waals surface area contributed by atoms with Crippen LogP contribution in [0.25, 0.3) is 0 Å². The fourth-order valence-corrected chi connectivity index (χ4v) is 2.48. The summed E-state index contributed by atoms with van der Waals surface area (Å²) in [7, 11) is 1.34. The Bertz CT molecular complexity index is 370. The minimum Gasteiger partial charge on any atom is -0.469 e. The Labute approximate surface area is 120 Å². The first-order chi connectivity index (χ1) is 9.49. The number of methoxy groups -OCH3 is 1. The highest BCUT2D eigenvalue weighted by Crippen LogP contribution is 2.19. The summed E-state index contributed by atoms with van der Waals surface area (Å²) in [5.74, 6) is -0.419. The van der Waals surface area contributed by atoms with Crippen LogP contribution >= 0.6 is 0 Å². The van der Waals surface area contributed by atoms with E-state index in [1.165, 1.54) is 14.0 Å². The van der Waals surface area contributed by atoms with Gasteiger partial charge >= 0.3 is 5.97 Å². The first kappa shape index (κ1) is 16.5. The van der Waals surface area contributed by atoms with E-state index in [1.807, 2.05) is 6.92 Å². The van der Waals surface area contributed by atoms with Crippen LogP contribution in [0.15, 0.2) is 0 Å². The third-order valence-electron chi connectivity index (χ3n) is 3.72. The number of likely N-dealkylation sites (tertiary alicyclic amines) is 1. The van der Waals surface area contributed by atoms with E-state index in [4.69, 9.17) is 0 Å². The van der Waals surface area contributed by atoms with Gasteiger partial charge in [-0.3, -0.25) is 14.4 Å². The molecule has 1 aliphatic rings. The van der Waals surface area contributed by atoms with Crippen molar-refractivity contribution in [3.8, 4) is 0 Å².